The molecule has 0 bridgehead atoms. The van der Waals surface area contributed by atoms with Crippen molar-refractivity contribution in [3.05, 3.63) is 16.1 Å². The lowest BCUT2D eigenvalue weighted by Crippen LogP contribution is -2.26. The van der Waals surface area contributed by atoms with Crippen molar-refractivity contribution in [3.8, 4) is 0 Å². The van der Waals surface area contributed by atoms with E-state index in [9.17, 15) is 0 Å². The van der Waals surface area contributed by atoms with Gasteiger partial charge in [0.25, 0.3) is 0 Å². The van der Waals surface area contributed by atoms with Gasteiger partial charge in [0.1, 0.15) is 11.6 Å². The first-order chi connectivity index (χ1) is 7.89. The summed E-state index contributed by atoms with van der Waals surface area (Å²) in [5, 5.41) is 7.22. The number of anilines is 2. The quantitative estimate of drug-likeness (QED) is 0.861. The average molecular weight is 294 g/mol. The fraction of sp³-hybridized carbons (Fsp3) is 0.545. The number of nitrogens with one attached hydrogen (secondary N) is 2. The third-order valence-electron chi connectivity index (χ3n) is 2.40. The summed E-state index contributed by atoms with van der Waals surface area (Å²) in [5.74, 6) is 1.28. The molecule has 0 radical (unpaired) electrons. The molecule has 0 atom stereocenters. The Kier molecular flexibility index (Phi) is 5.22. The van der Waals surface area contributed by atoms with Gasteiger partial charge in [0.05, 0.1) is 10.0 Å². The van der Waals surface area contributed by atoms with E-state index in [1.54, 1.807) is 24.9 Å². The molecule has 1 aromatic heterocycles. The van der Waals surface area contributed by atoms with Gasteiger partial charge >= 0.3 is 0 Å². The third-order valence-corrected chi connectivity index (χ3v) is 4.23. The van der Waals surface area contributed by atoms with Crippen molar-refractivity contribution >= 4 is 46.6 Å². The molecule has 17 heavy (non-hydrogen) atoms. The Morgan fingerprint density at radius 1 is 1.29 bits per heavy atom. The minimum atomic E-state index is 0.129. The molecule has 0 aliphatic heterocycles. The molecule has 0 amide bonds. The highest BCUT2D eigenvalue weighted by Crippen LogP contribution is 2.30. The van der Waals surface area contributed by atoms with Crippen LogP contribution in [0.4, 0.5) is 11.6 Å². The predicted molar refractivity (Wildman–Crippen MR) is 79.9 cm³/mol. The van der Waals surface area contributed by atoms with Crippen LogP contribution in [0.5, 0.6) is 0 Å². The molecule has 0 saturated carbocycles. The largest absolute Gasteiger partial charge is 0.372 e. The highest BCUT2D eigenvalue weighted by molar-refractivity contribution is 7.99. The fourth-order valence-electron chi connectivity index (χ4n) is 1.13. The maximum atomic E-state index is 6.09. The third kappa shape index (κ3) is 4.12. The summed E-state index contributed by atoms with van der Waals surface area (Å²) in [6, 6.07) is 1.69. The SMILES string of the molecule is CNc1nc(NCC(C)(C)SC)c(Cl)cc1Cl. The van der Waals surface area contributed by atoms with Crippen LogP contribution >= 0.6 is 35.0 Å². The van der Waals surface area contributed by atoms with Crippen molar-refractivity contribution in [2.45, 2.75) is 18.6 Å². The molecule has 0 fully saturated rings. The van der Waals surface area contributed by atoms with Crippen molar-refractivity contribution in [1.82, 2.24) is 4.98 Å². The van der Waals surface area contributed by atoms with Gasteiger partial charge in [-0.25, -0.2) is 4.98 Å². The van der Waals surface area contributed by atoms with Crippen LogP contribution < -0.4 is 10.6 Å². The minimum Gasteiger partial charge on any atom is -0.372 e. The summed E-state index contributed by atoms with van der Waals surface area (Å²) >= 11 is 13.9. The molecule has 96 valence electrons. The number of rotatable bonds is 5. The zero-order valence-corrected chi connectivity index (χ0v) is 12.7. The number of pyridine rings is 1. The van der Waals surface area contributed by atoms with Gasteiger partial charge in [0.15, 0.2) is 0 Å². The number of halogens is 2. The van der Waals surface area contributed by atoms with Crippen molar-refractivity contribution in [2.24, 2.45) is 0 Å². The Balaban J connectivity index is 2.84. The van der Waals surface area contributed by atoms with Gasteiger partial charge in [-0.1, -0.05) is 23.2 Å². The van der Waals surface area contributed by atoms with Crippen LogP contribution in [-0.4, -0.2) is 29.6 Å². The molecule has 1 rings (SSSR count). The van der Waals surface area contributed by atoms with E-state index in [-0.39, 0.29) is 4.75 Å². The molecule has 1 aromatic rings. The summed E-state index contributed by atoms with van der Waals surface area (Å²) in [7, 11) is 1.78. The first-order valence-electron chi connectivity index (χ1n) is 5.22. The second-order valence-electron chi connectivity index (χ2n) is 4.22. The first kappa shape index (κ1) is 14.7. The summed E-state index contributed by atoms with van der Waals surface area (Å²) in [5.41, 5.74) is 0. The van der Waals surface area contributed by atoms with Crippen LogP contribution in [0.15, 0.2) is 6.07 Å². The van der Waals surface area contributed by atoms with Gasteiger partial charge < -0.3 is 10.6 Å². The van der Waals surface area contributed by atoms with E-state index in [1.807, 2.05) is 0 Å². The number of aromatic nitrogens is 1. The molecule has 3 nitrogen and oxygen atoms in total. The van der Waals surface area contributed by atoms with Gasteiger partial charge in [-0.2, -0.15) is 11.8 Å². The smallest absolute Gasteiger partial charge is 0.147 e. The van der Waals surface area contributed by atoms with E-state index in [4.69, 9.17) is 23.2 Å². The molecule has 0 spiro atoms. The maximum absolute atomic E-state index is 6.09. The molecular weight excluding hydrogens is 277 g/mol. The predicted octanol–water partition coefficient (Wildman–Crippen LogP) is 3.98. The zero-order valence-electron chi connectivity index (χ0n) is 10.4. The van der Waals surface area contributed by atoms with Crippen LogP contribution in [0.3, 0.4) is 0 Å². The van der Waals surface area contributed by atoms with Crippen LogP contribution in [0, 0.1) is 0 Å². The summed E-state index contributed by atoms with van der Waals surface area (Å²) in [6.45, 7) is 5.10. The van der Waals surface area contributed by atoms with Crippen LogP contribution in [0.2, 0.25) is 10.0 Å². The second kappa shape index (κ2) is 6.03. The van der Waals surface area contributed by atoms with Crippen molar-refractivity contribution < 1.29 is 0 Å². The molecule has 0 saturated heterocycles. The maximum Gasteiger partial charge on any atom is 0.147 e. The van der Waals surface area contributed by atoms with Gasteiger partial charge in [0.2, 0.25) is 0 Å². The van der Waals surface area contributed by atoms with Crippen LogP contribution in [0.1, 0.15) is 13.8 Å². The van der Waals surface area contributed by atoms with Gasteiger partial charge in [-0.3, -0.25) is 0 Å². The van der Waals surface area contributed by atoms with E-state index in [0.717, 1.165) is 6.54 Å². The fourth-order valence-corrected chi connectivity index (χ4v) is 1.87. The number of nitrogens with zero attached hydrogens (tertiary/aromatic N) is 1. The number of hydrogen-bond donors (Lipinski definition) is 2. The van der Waals surface area contributed by atoms with Gasteiger partial charge in [-0.15, -0.1) is 0 Å². The van der Waals surface area contributed by atoms with Crippen LogP contribution in [0.25, 0.3) is 0 Å². The molecule has 0 unspecified atom stereocenters. The topological polar surface area (TPSA) is 37.0 Å². The zero-order chi connectivity index (χ0) is 13.1. The minimum absolute atomic E-state index is 0.129. The Bertz CT molecular complexity index is 397. The molecule has 0 aliphatic carbocycles. The molecule has 6 heteroatoms. The molecule has 2 N–H and O–H groups in total. The monoisotopic (exact) mass is 293 g/mol. The van der Waals surface area contributed by atoms with E-state index in [0.29, 0.717) is 21.7 Å². The Morgan fingerprint density at radius 3 is 2.41 bits per heavy atom. The lowest BCUT2D eigenvalue weighted by atomic mass is 10.2. The Labute approximate surface area is 117 Å². The summed E-state index contributed by atoms with van der Waals surface area (Å²) in [6.07, 6.45) is 2.08. The summed E-state index contributed by atoms with van der Waals surface area (Å²) in [4.78, 5) is 4.33. The van der Waals surface area contributed by atoms with Gasteiger partial charge in [-0.05, 0) is 26.2 Å². The Morgan fingerprint density at radius 2 is 1.88 bits per heavy atom. The van der Waals surface area contributed by atoms with Crippen molar-refractivity contribution in [1.29, 1.82) is 0 Å². The Hall–Kier alpha value is -0.320. The van der Waals surface area contributed by atoms with Crippen LogP contribution in [-0.2, 0) is 0 Å². The van der Waals surface area contributed by atoms with E-state index < -0.39 is 0 Å². The van der Waals surface area contributed by atoms with E-state index in [1.165, 1.54) is 0 Å². The first-order valence-corrected chi connectivity index (χ1v) is 7.20. The highest BCUT2D eigenvalue weighted by atomic mass is 35.5. The lowest BCUT2D eigenvalue weighted by Gasteiger charge is -2.23. The van der Waals surface area contributed by atoms with E-state index >= 15 is 0 Å². The highest BCUT2D eigenvalue weighted by Gasteiger charge is 2.17. The molecule has 0 aromatic carbocycles. The molecule has 1 heterocycles. The summed E-state index contributed by atoms with van der Waals surface area (Å²) < 4.78 is 0.129. The average Bonchev–Trinajstić information content (AvgIpc) is 2.28. The number of hydrogen-bond acceptors (Lipinski definition) is 4. The van der Waals surface area contributed by atoms with Gasteiger partial charge in [0, 0.05) is 18.3 Å². The number of thioether (sulfide) groups is 1. The van der Waals surface area contributed by atoms with Crippen molar-refractivity contribution in [2.75, 3.05) is 30.5 Å². The molecule has 0 aliphatic rings. The standard InChI is InChI=1S/C11H17Cl2N3S/c1-11(2,17-4)6-15-10-8(13)5-7(12)9(14-3)16-10/h5H,6H2,1-4H3,(H2,14,15,16). The molecular formula is C11H17Cl2N3S. The normalized spacial score (nSPS) is 11.4. The van der Waals surface area contributed by atoms with Crippen molar-refractivity contribution in [3.63, 3.8) is 0 Å². The van der Waals surface area contributed by atoms with E-state index in [2.05, 4.69) is 35.7 Å². The second-order valence-corrected chi connectivity index (χ2v) is 6.54. The lowest BCUT2D eigenvalue weighted by molar-refractivity contribution is 0.750.